The molecule has 0 aliphatic carbocycles. The summed E-state index contributed by atoms with van der Waals surface area (Å²) in [6, 6.07) is 13.4. The summed E-state index contributed by atoms with van der Waals surface area (Å²) < 4.78 is 27.0. The van der Waals surface area contributed by atoms with Crippen LogP contribution >= 0.6 is 0 Å². The quantitative estimate of drug-likeness (QED) is 0.694. The van der Waals surface area contributed by atoms with Gasteiger partial charge in [0.15, 0.2) is 5.89 Å². The Morgan fingerprint density at radius 3 is 2.31 bits per heavy atom. The molecule has 6 nitrogen and oxygen atoms in total. The molecule has 0 spiro atoms. The number of carbonyl (C=O) groups is 1. The lowest BCUT2D eigenvalue weighted by Gasteiger charge is -2.06. The average Bonchev–Trinajstić information content (AvgIpc) is 3.08. The lowest BCUT2D eigenvalue weighted by atomic mass is 10.1. The van der Waals surface area contributed by atoms with Crippen molar-refractivity contribution in [3.05, 3.63) is 66.2 Å². The summed E-state index contributed by atoms with van der Waals surface area (Å²) in [5.74, 6) is 0.686. The van der Waals surface area contributed by atoms with E-state index in [0.29, 0.717) is 27.8 Å². The van der Waals surface area contributed by atoms with E-state index in [4.69, 9.17) is 9.15 Å². The molecule has 1 amide bonds. The largest absolute Gasteiger partial charge is 0.497 e. The molecule has 0 N–H and O–H groups in total. The van der Waals surface area contributed by atoms with Gasteiger partial charge >= 0.3 is 0 Å². The van der Waals surface area contributed by atoms with Crippen LogP contribution in [0.4, 0.5) is 0 Å². The van der Waals surface area contributed by atoms with E-state index in [1.165, 1.54) is 6.26 Å². The third kappa shape index (κ3) is 3.83. The first-order valence-electron chi connectivity index (χ1n) is 7.82. The maximum absolute atomic E-state index is 12.8. The number of aryl methyl sites for hydroxylation is 1. The zero-order chi connectivity index (χ0) is 18.7. The minimum atomic E-state index is -2.85. The second-order valence-corrected chi connectivity index (χ2v) is 7.96. The van der Waals surface area contributed by atoms with Gasteiger partial charge in [-0.1, -0.05) is 12.1 Å². The number of aromatic nitrogens is 1. The van der Waals surface area contributed by atoms with Crippen molar-refractivity contribution in [2.45, 2.75) is 11.8 Å². The minimum absolute atomic E-state index is 0.358. The Morgan fingerprint density at radius 1 is 1.12 bits per heavy atom. The van der Waals surface area contributed by atoms with Crippen LogP contribution in [-0.4, -0.2) is 28.5 Å². The molecule has 1 atom stereocenters. The summed E-state index contributed by atoms with van der Waals surface area (Å²) in [5.41, 5.74) is 1.87. The molecule has 0 saturated heterocycles. The van der Waals surface area contributed by atoms with E-state index in [1.54, 1.807) is 68.8 Å². The highest BCUT2D eigenvalue weighted by Crippen LogP contribution is 2.21. The van der Waals surface area contributed by atoms with E-state index in [1.807, 2.05) is 0 Å². The molecule has 3 aromatic rings. The molecule has 7 heteroatoms. The van der Waals surface area contributed by atoms with Gasteiger partial charge in [-0.25, -0.2) is 9.19 Å². The van der Waals surface area contributed by atoms with E-state index in [0.717, 1.165) is 5.56 Å². The van der Waals surface area contributed by atoms with Crippen LogP contribution in [-0.2, 0) is 9.73 Å². The SMILES string of the molecule is COc1ccc(S(C)(=O)=NC(=O)c2ccc(-c3coc(C)n3)cc2)cc1. The summed E-state index contributed by atoms with van der Waals surface area (Å²) in [4.78, 5) is 17.1. The van der Waals surface area contributed by atoms with E-state index in [-0.39, 0.29) is 0 Å². The van der Waals surface area contributed by atoms with Gasteiger partial charge in [0.05, 0.1) is 16.8 Å². The van der Waals surface area contributed by atoms with Crippen LogP contribution in [0.1, 0.15) is 16.2 Å². The van der Waals surface area contributed by atoms with Crippen molar-refractivity contribution < 1.29 is 18.2 Å². The highest BCUT2D eigenvalue weighted by Gasteiger charge is 2.12. The number of hydrogen-bond donors (Lipinski definition) is 0. The second kappa shape index (κ2) is 7.13. The van der Waals surface area contributed by atoms with Gasteiger partial charge in [0.1, 0.15) is 17.7 Å². The fourth-order valence-corrected chi connectivity index (χ4v) is 3.54. The normalized spacial score (nSPS) is 13.0. The second-order valence-electron chi connectivity index (χ2n) is 5.70. The summed E-state index contributed by atoms with van der Waals surface area (Å²) >= 11 is 0. The number of oxazole rings is 1. The maximum atomic E-state index is 12.8. The predicted molar refractivity (Wildman–Crippen MR) is 98.8 cm³/mol. The highest BCUT2D eigenvalue weighted by molar-refractivity contribution is 7.93. The van der Waals surface area contributed by atoms with Crippen LogP contribution in [0.25, 0.3) is 11.3 Å². The van der Waals surface area contributed by atoms with Crippen molar-refractivity contribution in [2.75, 3.05) is 13.4 Å². The van der Waals surface area contributed by atoms with Crippen molar-refractivity contribution in [2.24, 2.45) is 4.36 Å². The van der Waals surface area contributed by atoms with Crippen LogP contribution < -0.4 is 4.74 Å². The number of nitrogens with zero attached hydrogens (tertiary/aromatic N) is 2. The van der Waals surface area contributed by atoms with E-state index in [9.17, 15) is 9.00 Å². The number of hydrogen-bond acceptors (Lipinski definition) is 5. The van der Waals surface area contributed by atoms with Crippen LogP contribution in [0, 0.1) is 6.92 Å². The standard InChI is InChI=1S/C19H18N2O4S/c1-13-20-18(12-25-13)14-4-6-15(7-5-14)19(22)21-26(3,23)17-10-8-16(24-2)9-11-17/h4-12H,1-3H3. The van der Waals surface area contributed by atoms with E-state index < -0.39 is 15.6 Å². The average molecular weight is 370 g/mol. The van der Waals surface area contributed by atoms with Gasteiger partial charge in [-0.2, -0.15) is 4.36 Å². The summed E-state index contributed by atoms with van der Waals surface area (Å²) in [7, 11) is -1.30. The Kier molecular flexibility index (Phi) is 4.90. The van der Waals surface area contributed by atoms with Crippen molar-refractivity contribution in [3.8, 4) is 17.0 Å². The van der Waals surface area contributed by atoms with Gasteiger partial charge in [0.25, 0.3) is 5.91 Å². The molecule has 0 aliphatic rings. The number of amides is 1. The molecule has 0 aliphatic heterocycles. The highest BCUT2D eigenvalue weighted by atomic mass is 32.2. The fourth-order valence-electron chi connectivity index (χ4n) is 2.37. The van der Waals surface area contributed by atoms with Gasteiger partial charge in [0, 0.05) is 29.2 Å². The van der Waals surface area contributed by atoms with Crippen molar-refractivity contribution in [1.82, 2.24) is 4.98 Å². The van der Waals surface area contributed by atoms with Crippen LogP contribution in [0.5, 0.6) is 5.75 Å². The molecule has 1 unspecified atom stereocenters. The monoisotopic (exact) mass is 370 g/mol. The van der Waals surface area contributed by atoms with E-state index >= 15 is 0 Å². The Balaban J connectivity index is 1.85. The number of benzene rings is 2. The molecule has 26 heavy (non-hydrogen) atoms. The predicted octanol–water partition coefficient (Wildman–Crippen LogP) is 3.96. The van der Waals surface area contributed by atoms with Crippen molar-refractivity contribution >= 4 is 15.6 Å². The Labute approximate surface area is 152 Å². The van der Waals surface area contributed by atoms with Crippen LogP contribution in [0.3, 0.4) is 0 Å². The van der Waals surface area contributed by atoms with E-state index in [2.05, 4.69) is 9.35 Å². The Bertz CT molecular complexity index is 1040. The van der Waals surface area contributed by atoms with Gasteiger partial charge in [-0.15, -0.1) is 0 Å². The first-order chi connectivity index (χ1) is 12.4. The Hall–Kier alpha value is -2.93. The number of methoxy groups -OCH3 is 1. The molecule has 0 bridgehead atoms. The molecule has 0 radical (unpaired) electrons. The number of rotatable bonds is 4. The number of ether oxygens (including phenoxy) is 1. The lowest BCUT2D eigenvalue weighted by molar-refractivity contribution is 0.100. The summed E-state index contributed by atoms with van der Waals surface area (Å²) in [5, 5.41) is 0. The molecule has 3 rings (SSSR count). The third-order valence-corrected chi connectivity index (χ3v) is 5.46. The Morgan fingerprint density at radius 2 is 1.77 bits per heavy atom. The first kappa shape index (κ1) is 17.9. The van der Waals surface area contributed by atoms with Gasteiger partial charge in [0.2, 0.25) is 0 Å². The molecule has 0 fully saturated rings. The molecule has 0 saturated carbocycles. The van der Waals surface area contributed by atoms with Crippen molar-refractivity contribution in [3.63, 3.8) is 0 Å². The molecule has 1 aromatic heterocycles. The third-order valence-electron chi connectivity index (χ3n) is 3.80. The van der Waals surface area contributed by atoms with Crippen LogP contribution in [0.2, 0.25) is 0 Å². The van der Waals surface area contributed by atoms with Crippen molar-refractivity contribution in [1.29, 1.82) is 0 Å². The maximum Gasteiger partial charge on any atom is 0.285 e. The topological polar surface area (TPSA) is 81.8 Å². The summed E-state index contributed by atoms with van der Waals surface area (Å²) in [6.45, 7) is 1.76. The number of carbonyl (C=O) groups excluding carboxylic acids is 1. The molecular weight excluding hydrogens is 352 g/mol. The van der Waals surface area contributed by atoms with Gasteiger partial charge < -0.3 is 9.15 Å². The smallest absolute Gasteiger partial charge is 0.285 e. The zero-order valence-corrected chi connectivity index (χ0v) is 15.4. The molecule has 1 heterocycles. The minimum Gasteiger partial charge on any atom is -0.497 e. The fraction of sp³-hybridized carbons (Fsp3) is 0.158. The zero-order valence-electron chi connectivity index (χ0n) is 14.6. The molecular formula is C19H18N2O4S. The lowest BCUT2D eigenvalue weighted by Crippen LogP contribution is -2.04. The van der Waals surface area contributed by atoms with Gasteiger partial charge in [-0.3, -0.25) is 4.79 Å². The first-order valence-corrected chi connectivity index (χ1v) is 9.74. The van der Waals surface area contributed by atoms with Gasteiger partial charge in [-0.05, 0) is 36.4 Å². The molecule has 134 valence electrons. The summed E-state index contributed by atoms with van der Waals surface area (Å²) in [6.07, 6.45) is 3.00. The van der Waals surface area contributed by atoms with Crippen LogP contribution in [0.15, 0.2) is 68.5 Å². The molecule has 2 aromatic carbocycles.